The number of nitrogens with zero attached hydrogens (tertiary/aromatic N) is 2. The normalized spacial score (nSPS) is 34.9. The number of hydrogen-bond acceptors (Lipinski definition) is 3. The van der Waals surface area contributed by atoms with Crippen molar-refractivity contribution >= 4 is 12.1 Å². The van der Waals surface area contributed by atoms with E-state index in [-0.39, 0.29) is 30.2 Å². The van der Waals surface area contributed by atoms with Gasteiger partial charge >= 0.3 is 12.1 Å². The number of carbonyl (C=O) groups is 2. The Morgan fingerprint density at radius 3 is 2.50 bits per heavy atom. The smallest absolute Gasteiger partial charge is 0.328 e. The van der Waals surface area contributed by atoms with Crippen LogP contribution in [-0.2, 0) is 4.74 Å². The molecule has 3 aliphatic rings. The number of amides is 4. The van der Waals surface area contributed by atoms with Crippen molar-refractivity contribution in [2.45, 2.75) is 43.9 Å². The van der Waals surface area contributed by atoms with Crippen LogP contribution in [0.1, 0.15) is 25.7 Å². The van der Waals surface area contributed by atoms with E-state index in [1.54, 1.807) is 7.11 Å². The van der Waals surface area contributed by atoms with Gasteiger partial charge in [-0.2, -0.15) is 0 Å². The van der Waals surface area contributed by atoms with Crippen LogP contribution in [0.5, 0.6) is 0 Å². The zero-order valence-electron chi connectivity index (χ0n) is 10.6. The Morgan fingerprint density at radius 1 is 1.33 bits per heavy atom. The highest BCUT2D eigenvalue weighted by Crippen LogP contribution is 2.37. The number of nitrogens with one attached hydrogen (secondary N) is 1. The third kappa shape index (κ3) is 1.75. The lowest BCUT2D eigenvalue weighted by molar-refractivity contribution is 0.0169. The van der Waals surface area contributed by atoms with Gasteiger partial charge in [-0.15, -0.1) is 0 Å². The maximum Gasteiger partial charge on any atom is 0.328 e. The Hall–Kier alpha value is -1.30. The van der Waals surface area contributed by atoms with E-state index >= 15 is 0 Å². The first-order valence-corrected chi connectivity index (χ1v) is 6.61. The van der Waals surface area contributed by atoms with Gasteiger partial charge in [0, 0.05) is 32.3 Å². The van der Waals surface area contributed by atoms with Gasteiger partial charge in [-0.05, 0) is 25.7 Å². The highest BCUT2D eigenvalue weighted by atomic mass is 16.5. The van der Waals surface area contributed by atoms with Crippen molar-refractivity contribution in [3.05, 3.63) is 0 Å². The molecule has 2 atom stereocenters. The molecule has 3 saturated heterocycles. The summed E-state index contributed by atoms with van der Waals surface area (Å²) in [5.74, 6) is 0. The quantitative estimate of drug-likeness (QED) is 0.751. The van der Waals surface area contributed by atoms with Crippen LogP contribution >= 0.6 is 0 Å². The molecule has 0 radical (unpaired) electrons. The molecule has 100 valence electrons. The molecule has 3 heterocycles. The van der Waals surface area contributed by atoms with Crippen LogP contribution in [-0.4, -0.2) is 60.2 Å². The summed E-state index contributed by atoms with van der Waals surface area (Å²) in [6.45, 7) is 1.05. The third-order valence-corrected chi connectivity index (χ3v) is 4.33. The molecule has 18 heavy (non-hydrogen) atoms. The summed E-state index contributed by atoms with van der Waals surface area (Å²) in [5, 5.41) is 2.67. The molecular weight excluding hydrogens is 234 g/mol. The number of imide groups is 1. The molecule has 6 heteroatoms. The molecule has 0 aromatic heterocycles. The molecule has 0 aromatic rings. The Balaban J connectivity index is 1.73. The third-order valence-electron chi connectivity index (χ3n) is 4.33. The van der Waals surface area contributed by atoms with E-state index in [2.05, 4.69) is 5.32 Å². The van der Waals surface area contributed by atoms with Crippen molar-refractivity contribution in [3.63, 3.8) is 0 Å². The second-order valence-electron chi connectivity index (χ2n) is 5.29. The zero-order chi connectivity index (χ0) is 12.7. The molecule has 0 saturated carbocycles. The minimum absolute atomic E-state index is 0.118. The van der Waals surface area contributed by atoms with Crippen LogP contribution in [0.4, 0.5) is 9.59 Å². The van der Waals surface area contributed by atoms with Crippen LogP contribution in [0.25, 0.3) is 0 Å². The van der Waals surface area contributed by atoms with Crippen molar-refractivity contribution < 1.29 is 14.3 Å². The predicted molar refractivity (Wildman–Crippen MR) is 64.2 cm³/mol. The van der Waals surface area contributed by atoms with E-state index in [4.69, 9.17) is 4.74 Å². The fourth-order valence-corrected chi connectivity index (χ4v) is 3.43. The van der Waals surface area contributed by atoms with E-state index in [1.165, 1.54) is 4.90 Å². The topological polar surface area (TPSA) is 61.9 Å². The molecule has 1 N–H and O–H groups in total. The van der Waals surface area contributed by atoms with Gasteiger partial charge < -0.3 is 15.0 Å². The summed E-state index contributed by atoms with van der Waals surface area (Å²) < 4.78 is 5.42. The van der Waals surface area contributed by atoms with Gasteiger partial charge in [0.1, 0.15) is 0 Å². The first-order chi connectivity index (χ1) is 8.70. The molecule has 2 unspecified atom stereocenters. The Labute approximate surface area is 106 Å². The fourth-order valence-electron chi connectivity index (χ4n) is 3.43. The first-order valence-electron chi connectivity index (χ1n) is 6.61. The average molecular weight is 253 g/mol. The lowest BCUT2D eigenvalue weighted by Gasteiger charge is -2.39. The van der Waals surface area contributed by atoms with Crippen molar-refractivity contribution in [1.82, 2.24) is 15.1 Å². The first kappa shape index (κ1) is 11.8. The van der Waals surface area contributed by atoms with E-state index in [9.17, 15) is 9.59 Å². The summed E-state index contributed by atoms with van der Waals surface area (Å²) in [6.07, 6.45) is 4.12. The number of carbonyl (C=O) groups excluding carboxylic acids is 2. The molecule has 4 amide bonds. The van der Waals surface area contributed by atoms with Crippen LogP contribution in [0, 0.1) is 0 Å². The summed E-state index contributed by atoms with van der Waals surface area (Å²) in [4.78, 5) is 27.2. The SMILES string of the molecule is COC1CC2CCC(C1)N2C(=O)N1CCNC1=O. The molecule has 6 nitrogen and oxygen atoms in total. The number of urea groups is 2. The van der Waals surface area contributed by atoms with Gasteiger partial charge in [0.25, 0.3) is 0 Å². The molecule has 3 rings (SSSR count). The van der Waals surface area contributed by atoms with Crippen LogP contribution < -0.4 is 5.32 Å². The number of ether oxygens (including phenoxy) is 1. The summed E-state index contributed by atoms with van der Waals surface area (Å²) in [6, 6.07) is 0.115. The highest BCUT2D eigenvalue weighted by molar-refractivity contribution is 5.95. The largest absolute Gasteiger partial charge is 0.381 e. The summed E-state index contributed by atoms with van der Waals surface area (Å²) >= 11 is 0. The summed E-state index contributed by atoms with van der Waals surface area (Å²) in [7, 11) is 1.73. The molecule has 2 bridgehead atoms. The van der Waals surface area contributed by atoms with Gasteiger partial charge in [0.15, 0.2) is 0 Å². The molecule has 3 aliphatic heterocycles. The average Bonchev–Trinajstić information content (AvgIpc) is 2.90. The standard InChI is InChI=1S/C12H19N3O3/c1-18-10-6-8-2-3-9(7-10)15(8)12(17)14-5-4-13-11(14)16/h8-10H,2-7H2,1H3,(H,13,16). The highest BCUT2D eigenvalue weighted by Gasteiger charge is 2.46. The number of methoxy groups -OCH3 is 1. The van der Waals surface area contributed by atoms with E-state index in [0.29, 0.717) is 13.1 Å². The van der Waals surface area contributed by atoms with Gasteiger partial charge in [0.05, 0.1) is 6.10 Å². The molecule has 0 spiro atoms. The van der Waals surface area contributed by atoms with Gasteiger partial charge in [-0.1, -0.05) is 0 Å². The number of piperidine rings is 1. The van der Waals surface area contributed by atoms with Crippen LogP contribution in [0.15, 0.2) is 0 Å². The molecule has 0 aliphatic carbocycles. The second-order valence-corrected chi connectivity index (χ2v) is 5.29. The fraction of sp³-hybridized carbons (Fsp3) is 0.833. The summed E-state index contributed by atoms with van der Waals surface area (Å²) in [5.41, 5.74) is 0. The van der Waals surface area contributed by atoms with E-state index < -0.39 is 0 Å². The monoisotopic (exact) mass is 253 g/mol. The Kier molecular flexibility index (Phi) is 2.89. The molecule has 0 aromatic carbocycles. The lowest BCUT2D eigenvalue weighted by atomic mass is 10.00. The number of fused-ring (bicyclic) bond motifs is 2. The van der Waals surface area contributed by atoms with Crippen LogP contribution in [0.2, 0.25) is 0 Å². The Bertz CT molecular complexity index is 360. The maximum atomic E-state index is 12.4. The van der Waals surface area contributed by atoms with Crippen molar-refractivity contribution in [1.29, 1.82) is 0 Å². The minimum atomic E-state index is -0.256. The predicted octanol–water partition coefficient (Wildman–Crippen LogP) is 0.773. The van der Waals surface area contributed by atoms with Gasteiger partial charge in [0.2, 0.25) is 0 Å². The maximum absolute atomic E-state index is 12.4. The van der Waals surface area contributed by atoms with Crippen molar-refractivity contribution in [2.24, 2.45) is 0 Å². The van der Waals surface area contributed by atoms with Crippen LogP contribution in [0.3, 0.4) is 0 Å². The second kappa shape index (κ2) is 4.42. The van der Waals surface area contributed by atoms with E-state index in [1.807, 2.05) is 4.90 Å². The minimum Gasteiger partial charge on any atom is -0.381 e. The van der Waals surface area contributed by atoms with E-state index in [0.717, 1.165) is 25.7 Å². The molecular formula is C12H19N3O3. The zero-order valence-corrected chi connectivity index (χ0v) is 10.6. The van der Waals surface area contributed by atoms with Gasteiger partial charge in [-0.3, -0.25) is 0 Å². The number of hydrogen-bond donors (Lipinski definition) is 1. The van der Waals surface area contributed by atoms with Crippen molar-refractivity contribution in [3.8, 4) is 0 Å². The lowest BCUT2D eigenvalue weighted by Crippen LogP contribution is -2.54. The van der Waals surface area contributed by atoms with Gasteiger partial charge in [-0.25, -0.2) is 14.5 Å². The Morgan fingerprint density at radius 2 is 2.00 bits per heavy atom. The molecule has 3 fully saturated rings. The van der Waals surface area contributed by atoms with Crippen molar-refractivity contribution in [2.75, 3.05) is 20.2 Å². The number of rotatable bonds is 1.